The van der Waals surface area contributed by atoms with Gasteiger partial charge >= 0.3 is 0 Å². The third-order valence-electron chi connectivity index (χ3n) is 3.69. The Kier molecular flexibility index (Phi) is 6.62. The van der Waals surface area contributed by atoms with E-state index in [2.05, 4.69) is 4.98 Å². The van der Waals surface area contributed by atoms with Crippen molar-refractivity contribution in [2.24, 2.45) is 0 Å². The minimum absolute atomic E-state index is 0.0305. The molecule has 122 valence electrons. The molecular weight excluding hydrogens is 308 g/mol. The van der Waals surface area contributed by atoms with Crippen LogP contribution in [0.15, 0.2) is 59.8 Å². The molecule has 0 bridgehead atoms. The molecule has 2 unspecified atom stereocenters. The first kappa shape index (κ1) is 17.5. The van der Waals surface area contributed by atoms with Gasteiger partial charge < -0.3 is 10.0 Å². The summed E-state index contributed by atoms with van der Waals surface area (Å²) in [5.41, 5.74) is 1.03. The van der Waals surface area contributed by atoms with E-state index in [1.165, 1.54) is 11.8 Å². The Hall–Kier alpha value is -1.85. The van der Waals surface area contributed by atoms with Crippen LogP contribution in [0, 0.1) is 0 Å². The summed E-state index contributed by atoms with van der Waals surface area (Å²) in [4.78, 5) is 18.7. The van der Waals surface area contributed by atoms with Crippen LogP contribution in [0.1, 0.15) is 24.9 Å². The van der Waals surface area contributed by atoms with Crippen molar-refractivity contribution in [3.05, 3.63) is 60.3 Å². The molecule has 0 aliphatic carbocycles. The van der Waals surface area contributed by atoms with E-state index in [1.54, 1.807) is 18.1 Å². The molecule has 0 radical (unpaired) electrons. The van der Waals surface area contributed by atoms with E-state index >= 15 is 0 Å². The Balaban J connectivity index is 2.09. The highest BCUT2D eigenvalue weighted by Crippen LogP contribution is 2.27. The fraction of sp³-hybridized carbons (Fsp3) is 0.333. The van der Waals surface area contributed by atoms with Crippen LogP contribution in [-0.4, -0.2) is 39.8 Å². The van der Waals surface area contributed by atoms with Crippen molar-refractivity contribution in [3.8, 4) is 0 Å². The number of aliphatic hydroxyl groups excluding tert-OH is 1. The summed E-state index contributed by atoms with van der Waals surface area (Å²) in [6, 6.07) is 15.4. The van der Waals surface area contributed by atoms with Gasteiger partial charge in [0.15, 0.2) is 0 Å². The third kappa shape index (κ3) is 4.81. The van der Waals surface area contributed by atoms with Crippen LogP contribution < -0.4 is 0 Å². The highest BCUT2D eigenvalue weighted by Gasteiger charge is 2.25. The average Bonchev–Trinajstić information content (AvgIpc) is 2.60. The number of pyridine rings is 1. The van der Waals surface area contributed by atoms with E-state index in [0.29, 0.717) is 6.42 Å². The maximum atomic E-state index is 12.7. The quantitative estimate of drug-likeness (QED) is 0.793. The van der Waals surface area contributed by atoms with Crippen molar-refractivity contribution >= 4 is 17.7 Å². The molecule has 1 aromatic heterocycles. The van der Waals surface area contributed by atoms with Crippen LogP contribution in [0.5, 0.6) is 0 Å². The maximum absolute atomic E-state index is 12.7. The summed E-state index contributed by atoms with van der Waals surface area (Å²) in [6.07, 6.45) is 2.25. The largest absolute Gasteiger partial charge is 0.396 e. The van der Waals surface area contributed by atoms with Gasteiger partial charge in [0.05, 0.1) is 16.3 Å². The number of hydrogen-bond acceptors (Lipinski definition) is 4. The predicted molar refractivity (Wildman–Crippen MR) is 93.2 cm³/mol. The Bertz CT molecular complexity index is 607. The van der Waals surface area contributed by atoms with Crippen molar-refractivity contribution in [3.63, 3.8) is 0 Å². The van der Waals surface area contributed by atoms with E-state index in [-0.39, 0.29) is 23.8 Å². The summed E-state index contributed by atoms with van der Waals surface area (Å²) < 4.78 is 0. The lowest BCUT2D eigenvalue weighted by molar-refractivity contribution is -0.131. The van der Waals surface area contributed by atoms with Gasteiger partial charge in [0, 0.05) is 19.9 Å². The van der Waals surface area contributed by atoms with Crippen LogP contribution in [0.4, 0.5) is 0 Å². The van der Waals surface area contributed by atoms with E-state index < -0.39 is 0 Å². The molecule has 2 atom stereocenters. The molecule has 4 nitrogen and oxygen atoms in total. The van der Waals surface area contributed by atoms with Crippen molar-refractivity contribution in [1.29, 1.82) is 0 Å². The van der Waals surface area contributed by atoms with Gasteiger partial charge in [-0.1, -0.05) is 48.2 Å². The van der Waals surface area contributed by atoms with Crippen molar-refractivity contribution in [2.45, 2.75) is 29.7 Å². The molecule has 5 heteroatoms. The molecule has 1 aromatic carbocycles. The molecule has 0 spiro atoms. The van der Waals surface area contributed by atoms with Crippen LogP contribution in [0.2, 0.25) is 0 Å². The SMILES string of the molecule is CC(Sc1ccccn1)C(=O)N(C)C(CCO)c1ccccc1. The Labute approximate surface area is 141 Å². The number of carbonyl (C=O) groups excluding carboxylic acids is 1. The molecule has 0 saturated carbocycles. The highest BCUT2D eigenvalue weighted by molar-refractivity contribution is 8.00. The van der Waals surface area contributed by atoms with E-state index in [1.807, 2.05) is 55.5 Å². The first-order valence-electron chi connectivity index (χ1n) is 7.63. The Morgan fingerprint density at radius 1 is 1.22 bits per heavy atom. The first-order chi connectivity index (χ1) is 11.1. The lowest BCUT2D eigenvalue weighted by Gasteiger charge is -2.30. The van der Waals surface area contributed by atoms with Crippen molar-refractivity contribution in [1.82, 2.24) is 9.88 Å². The standard InChI is InChI=1S/C18H22N2O2S/c1-14(23-17-10-6-7-12-19-17)18(22)20(2)16(11-13-21)15-8-4-3-5-9-15/h3-10,12,14,16,21H,11,13H2,1-2H3. The van der Waals surface area contributed by atoms with Gasteiger partial charge in [-0.05, 0) is 31.0 Å². The van der Waals surface area contributed by atoms with E-state index in [9.17, 15) is 9.90 Å². The average molecular weight is 330 g/mol. The molecule has 2 rings (SSSR count). The molecule has 0 fully saturated rings. The number of hydrogen-bond donors (Lipinski definition) is 1. The number of nitrogens with zero attached hydrogens (tertiary/aromatic N) is 2. The summed E-state index contributed by atoms with van der Waals surface area (Å²) >= 11 is 1.45. The van der Waals surface area contributed by atoms with Crippen LogP contribution in [0.3, 0.4) is 0 Å². The highest BCUT2D eigenvalue weighted by atomic mass is 32.2. The Morgan fingerprint density at radius 3 is 2.52 bits per heavy atom. The fourth-order valence-electron chi connectivity index (χ4n) is 2.47. The number of benzene rings is 1. The molecule has 2 aromatic rings. The number of aromatic nitrogens is 1. The normalized spacial score (nSPS) is 13.3. The second-order valence-corrected chi connectivity index (χ2v) is 6.68. The number of aliphatic hydroxyl groups is 1. The summed E-state index contributed by atoms with van der Waals surface area (Å²) in [7, 11) is 1.80. The van der Waals surface area contributed by atoms with Crippen LogP contribution in [-0.2, 0) is 4.79 Å². The van der Waals surface area contributed by atoms with E-state index in [0.717, 1.165) is 10.6 Å². The minimum atomic E-state index is -0.236. The van der Waals surface area contributed by atoms with E-state index in [4.69, 9.17) is 0 Å². The first-order valence-corrected chi connectivity index (χ1v) is 8.51. The van der Waals surface area contributed by atoms with Crippen LogP contribution >= 0.6 is 11.8 Å². The van der Waals surface area contributed by atoms with Gasteiger partial charge in [-0.25, -0.2) is 4.98 Å². The van der Waals surface area contributed by atoms with Gasteiger partial charge in [0.25, 0.3) is 0 Å². The van der Waals surface area contributed by atoms with Gasteiger partial charge in [0.2, 0.25) is 5.91 Å². The zero-order valence-electron chi connectivity index (χ0n) is 13.4. The van der Waals surface area contributed by atoms with Crippen molar-refractivity contribution in [2.75, 3.05) is 13.7 Å². The molecule has 0 saturated heterocycles. The smallest absolute Gasteiger partial charge is 0.236 e. The molecule has 23 heavy (non-hydrogen) atoms. The lowest BCUT2D eigenvalue weighted by atomic mass is 10.0. The topological polar surface area (TPSA) is 53.4 Å². The fourth-order valence-corrected chi connectivity index (χ4v) is 3.38. The lowest BCUT2D eigenvalue weighted by Crippen LogP contribution is -2.36. The van der Waals surface area contributed by atoms with Gasteiger partial charge in [-0.15, -0.1) is 0 Å². The maximum Gasteiger partial charge on any atom is 0.236 e. The minimum Gasteiger partial charge on any atom is -0.396 e. The summed E-state index contributed by atoms with van der Waals surface area (Å²) in [5, 5.41) is 9.95. The predicted octanol–water partition coefficient (Wildman–Crippen LogP) is 3.14. The van der Waals surface area contributed by atoms with Gasteiger partial charge in [-0.2, -0.15) is 0 Å². The summed E-state index contributed by atoms with van der Waals surface area (Å²) in [6.45, 7) is 1.93. The number of carbonyl (C=O) groups is 1. The zero-order chi connectivity index (χ0) is 16.7. The monoisotopic (exact) mass is 330 g/mol. The second kappa shape index (κ2) is 8.70. The summed E-state index contributed by atoms with van der Waals surface area (Å²) in [5.74, 6) is 0.0305. The molecule has 1 amide bonds. The molecule has 1 N–H and O–H groups in total. The number of thioether (sulfide) groups is 1. The second-order valence-electron chi connectivity index (χ2n) is 5.32. The van der Waals surface area contributed by atoms with Gasteiger partial charge in [0.1, 0.15) is 0 Å². The Morgan fingerprint density at radius 2 is 1.91 bits per heavy atom. The van der Waals surface area contributed by atoms with Crippen molar-refractivity contribution < 1.29 is 9.90 Å². The zero-order valence-corrected chi connectivity index (χ0v) is 14.2. The molecular formula is C18H22N2O2S. The molecule has 0 aliphatic rings. The number of amides is 1. The van der Waals surface area contributed by atoms with Crippen LogP contribution in [0.25, 0.3) is 0 Å². The molecule has 1 heterocycles. The third-order valence-corrected chi connectivity index (χ3v) is 4.72. The molecule has 0 aliphatic heterocycles. The number of rotatable bonds is 7. The van der Waals surface area contributed by atoms with Gasteiger partial charge in [-0.3, -0.25) is 4.79 Å².